The molecule has 0 aromatic heterocycles. The van der Waals surface area contributed by atoms with Gasteiger partial charge in [-0.15, -0.1) is 11.8 Å². The number of hydrogen-bond donors (Lipinski definition) is 1. The molecule has 1 fully saturated rings. The van der Waals surface area contributed by atoms with Crippen LogP contribution in [0, 0.1) is 11.3 Å². The van der Waals surface area contributed by atoms with Crippen LogP contribution in [0.1, 0.15) is 43.2 Å². The van der Waals surface area contributed by atoms with E-state index >= 15 is 0 Å². The summed E-state index contributed by atoms with van der Waals surface area (Å²) < 4.78 is 0. The van der Waals surface area contributed by atoms with Crippen LogP contribution in [0.3, 0.4) is 0 Å². The first-order chi connectivity index (χ1) is 8.33. The van der Waals surface area contributed by atoms with Crippen LogP contribution in [-0.4, -0.2) is 10.4 Å². The molecule has 1 aromatic rings. The molecule has 90 valence electrons. The van der Waals surface area contributed by atoms with Crippen LogP contribution in [0.15, 0.2) is 23.1 Å². The number of aliphatic hydroxyl groups is 1. The van der Waals surface area contributed by atoms with E-state index < -0.39 is 0 Å². The van der Waals surface area contributed by atoms with Gasteiger partial charge in [0.25, 0.3) is 0 Å². The molecular weight excluding hydrogens is 230 g/mol. The zero-order chi connectivity index (χ0) is 12.1. The van der Waals surface area contributed by atoms with Gasteiger partial charge < -0.3 is 5.11 Å². The van der Waals surface area contributed by atoms with Gasteiger partial charge >= 0.3 is 0 Å². The van der Waals surface area contributed by atoms with E-state index in [2.05, 4.69) is 6.07 Å². The Labute approximate surface area is 107 Å². The molecule has 0 amide bonds. The number of nitriles is 1. The maximum Gasteiger partial charge on any atom is 0.100 e. The fraction of sp³-hybridized carbons (Fsp3) is 0.500. The van der Waals surface area contributed by atoms with E-state index in [1.54, 1.807) is 6.07 Å². The van der Waals surface area contributed by atoms with E-state index in [9.17, 15) is 0 Å². The zero-order valence-corrected chi connectivity index (χ0v) is 10.7. The van der Waals surface area contributed by atoms with E-state index in [-0.39, 0.29) is 6.61 Å². The standard InChI is InChI=1S/C14H17NOS/c15-9-12-8-11(10-16)6-7-14(12)17-13-4-2-1-3-5-13/h6-8,13,16H,1-5,10H2. The fourth-order valence-electron chi connectivity index (χ4n) is 2.23. The average molecular weight is 247 g/mol. The van der Waals surface area contributed by atoms with Crippen molar-refractivity contribution in [3.8, 4) is 6.07 Å². The highest BCUT2D eigenvalue weighted by molar-refractivity contribution is 8.00. The zero-order valence-electron chi connectivity index (χ0n) is 9.85. The number of aliphatic hydroxyl groups excluding tert-OH is 1. The van der Waals surface area contributed by atoms with Crippen LogP contribution in [0.25, 0.3) is 0 Å². The van der Waals surface area contributed by atoms with Gasteiger partial charge in [0.05, 0.1) is 12.2 Å². The van der Waals surface area contributed by atoms with Crippen LogP contribution >= 0.6 is 11.8 Å². The number of nitrogens with zero attached hydrogens (tertiary/aromatic N) is 1. The van der Waals surface area contributed by atoms with Crippen molar-refractivity contribution < 1.29 is 5.11 Å². The summed E-state index contributed by atoms with van der Waals surface area (Å²) in [5.74, 6) is 0. The lowest BCUT2D eigenvalue weighted by atomic mass is 10.0. The summed E-state index contributed by atoms with van der Waals surface area (Å²) in [6, 6.07) is 7.91. The molecule has 2 rings (SSSR count). The van der Waals surface area contributed by atoms with Gasteiger partial charge in [0.2, 0.25) is 0 Å². The quantitative estimate of drug-likeness (QED) is 0.889. The Morgan fingerprint density at radius 1 is 1.29 bits per heavy atom. The first-order valence-electron chi connectivity index (χ1n) is 6.14. The molecule has 0 bridgehead atoms. The van der Waals surface area contributed by atoms with Gasteiger partial charge in [-0.25, -0.2) is 0 Å². The summed E-state index contributed by atoms with van der Waals surface area (Å²) in [5, 5.41) is 18.8. The van der Waals surface area contributed by atoms with Crippen molar-refractivity contribution in [3.63, 3.8) is 0 Å². The molecular formula is C14H17NOS. The maximum atomic E-state index is 9.12. The molecule has 0 atom stereocenters. The van der Waals surface area contributed by atoms with Gasteiger partial charge in [-0.3, -0.25) is 0 Å². The number of thioether (sulfide) groups is 1. The molecule has 0 saturated heterocycles. The van der Waals surface area contributed by atoms with E-state index in [0.29, 0.717) is 10.8 Å². The highest BCUT2D eigenvalue weighted by atomic mass is 32.2. The van der Waals surface area contributed by atoms with E-state index in [1.807, 2.05) is 23.9 Å². The van der Waals surface area contributed by atoms with Crippen molar-refractivity contribution in [2.45, 2.75) is 48.9 Å². The molecule has 17 heavy (non-hydrogen) atoms. The summed E-state index contributed by atoms with van der Waals surface area (Å²) in [6.07, 6.45) is 6.50. The minimum absolute atomic E-state index is 0.00303. The Bertz CT molecular complexity index is 419. The SMILES string of the molecule is N#Cc1cc(CO)ccc1SC1CCCCC1. The second-order valence-corrected chi connectivity index (χ2v) is 5.82. The van der Waals surface area contributed by atoms with Gasteiger partial charge in [0.1, 0.15) is 6.07 Å². The molecule has 1 aliphatic carbocycles. The van der Waals surface area contributed by atoms with E-state index in [1.165, 1.54) is 32.1 Å². The van der Waals surface area contributed by atoms with Gasteiger partial charge in [-0.2, -0.15) is 5.26 Å². The van der Waals surface area contributed by atoms with Crippen LogP contribution in [0.4, 0.5) is 0 Å². The van der Waals surface area contributed by atoms with Crippen molar-refractivity contribution >= 4 is 11.8 Å². The topological polar surface area (TPSA) is 44.0 Å². The summed E-state index contributed by atoms with van der Waals surface area (Å²) in [4.78, 5) is 1.07. The minimum atomic E-state index is 0.00303. The van der Waals surface area contributed by atoms with Gasteiger partial charge in [0.15, 0.2) is 0 Å². The lowest BCUT2D eigenvalue weighted by Crippen LogP contribution is -2.08. The minimum Gasteiger partial charge on any atom is -0.392 e. The van der Waals surface area contributed by atoms with Crippen LogP contribution in [0.5, 0.6) is 0 Å². The summed E-state index contributed by atoms with van der Waals surface area (Å²) >= 11 is 1.83. The predicted octanol–water partition coefficient (Wildman–Crippen LogP) is 3.48. The predicted molar refractivity (Wildman–Crippen MR) is 69.8 cm³/mol. The lowest BCUT2D eigenvalue weighted by molar-refractivity contribution is 0.281. The molecule has 0 spiro atoms. The van der Waals surface area contributed by atoms with Gasteiger partial charge in [-0.05, 0) is 30.5 Å². The molecule has 1 aromatic carbocycles. The summed E-state index contributed by atoms with van der Waals surface area (Å²) in [5.41, 5.74) is 1.52. The highest BCUT2D eigenvalue weighted by Gasteiger charge is 2.16. The molecule has 1 saturated carbocycles. The molecule has 0 heterocycles. The third kappa shape index (κ3) is 3.24. The van der Waals surface area contributed by atoms with Crippen molar-refractivity contribution in [1.29, 1.82) is 5.26 Å². The summed E-state index contributed by atoms with van der Waals surface area (Å²) in [7, 11) is 0. The van der Waals surface area contributed by atoms with E-state index in [4.69, 9.17) is 10.4 Å². The smallest absolute Gasteiger partial charge is 0.100 e. The van der Waals surface area contributed by atoms with Crippen molar-refractivity contribution in [1.82, 2.24) is 0 Å². The third-order valence-electron chi connectivity index (χ3n) is 3.19. The molecule has 2 nitrogen and oxygen atoms in total. The van der Waals surface area contributed by atoms with Crippen LogP contribution in [0.2, 0.25) is 0 Å². The Kier molecular flexibility index (Phi) is 4.47. The first-order valence-corrected chi connectivity index (χ1v) is 7.02. The van der Waals surface area contributed by atoms with E-state index in [0.717, 1.165) is 10.5 Å². The number of hydrogen-bond acceptors (Lipinski definition) is 3. The Balaban J connectivity index is 2.12. The molecule has 0 radical (unpaired) electrons. The van der Waals surface area contributed by atoms with Crippen LogP contribution < -0.4 is 0 Å². The molecule has 1 aliphatic rings. The number of benzene rings is 1. The Morgan fingerprint density at radius 3 is 2.71 bits per heavy atom. The number of rotatable bonds is 3. The average Bonchev–Trinajstić information content (AvgIpc) is 2.40. The largest absolute Gasteiger partial charge is 0.392 e. The Hall–Kier alpha value is -0.980. The molecule has 0 aliphatic heterocycles. The molecule has 1 N–H and O–H groups in total. The van der Waals surface area contributed by atoms with Crippen molar-refractivity contribution in [2.24, 2.45) is 0 Å². The molecule has 0 unspecified atom stereocenters. The van der Waals surface area contributed by atoms with Crippen LogP contribution in [-0.2, 0) is 6.61 Å². The maximum absolute atomic E-state index is 9.12. The first kappa shape index (κ1) is 12.5. The normalized spacial score (nSPS) is 16.7. The fourth-order valence-corrected chi connectivity index (χ4v) is 3.53. The second-order valence-electron chi connectivity index (χ2n) is 4.48. The molecule has 3 heteroatoms. The van der Waals surface area contributed by atoms with Crippen molar-refractivity contribution in [2.75, 3.05) is 0 Å². The van der Waals surface area contributed by atoms with Gasteiger partial charge in [-0.1, -0.05) is 25.3 Å². The second kappa shape index (κ2) is 6.09. The third-order valence-corrected chi connectivity index (χ3v) is 4.61. The summed E-state index contributed by atoms with van der Waals surface area (Å²) in [6.45, 7) is 0.00303. The monoisotopic (exact) mass is 247 g/mol. The van der Waals surface area contributed by atoms with Crippen molar-refractivity contribution in [3.05, 3.63) is 29.3 Å². The Morgan fingerprint density at radius 2 is 2.06 bits per heavy atom. The van der Waals surface area contributed by atoms with Gasteiger partial charge in [0, 0.05) is 10.1 Å². The lowest BCUT2D eigenvalue weighted by Gasteiger charge is -2.21. The highest BCUT2D eigenvalue weighted by Crippen LogP contribution is 2.35.